The summed E-state index contributed by atoms with van der Waals surface area (Å²) in [7, 11) is 3.26. The van der Waals surface area contributed by atoms with Crippen LogP contribution in [0.5, 0.6) is 11.5 Å². The monoisotopic (exact) mass is 241 g/mol. The number of nitrogens with zero attached hydrogens (tertiary/aromatic N) is 1. The first-order chi connectivity index (χ1) is 8.81. The molecular weight excluding hydrogens is 226 g/mol. The van der Waals surface area contributed by atoms with Crippen molar-refractivity contribution in [3.8, 4) is 11.5 Å². The van der Waals surface area contributed by atoms with E-state index in [9.17, 15) is 0 Å². The summed E-state index contributed by atoms with van der Waals surface area (Å²) >= 11 is 0. The first-order valence-corrected chi connectivity index (χ1v) is 5.64. The highest BCUT2D eigenvalue weighted by Gasteiger charge is 1.99. The molecule has 0 heterocycles. The van der Waals surface area contributed by atoms with Crippen LogP contribution in [0.1, 0.15) is 5.56 Å². The first kappa shape index (κ1) is 12.2. The normalized spacial score (nSPS) is 10.6. The molecule has 3 heteroatoms. The van der Waals surface area contributed by atoms with Crippen molar-refractivity contribution in [2.45, 2.75) is 0 Å². The van der Waals surface area contributed by atoms with Gasteiger partial charge >= 0.3 is 0 Å². The summed E-state index contributed by atoms with van der Waals surface area (Å²) in [6, 6.07) is 15.4. The van der Waals surface area contributed by atoms with Gasteiger partial charge in [0.05, 0.1) is 19.9 Å². The van der Waals surface area contributed by atoms with Crippen LogP contribution < -0.4 is 9.47 Å². The molecule has 2 rings (SSSR count). The van der Waals surface area contributed by atoms with Crippen LogP contribution in [0.15, 0.2) is 53.5 Å². The lowest BCUT2D eigenvalue weighted by molar-refractivity contribution is 0.394. The minimum Gasteiger partial charge on any atom is -0.497 e. The SMILES string of the molecule is COc1cc(C=Nc2ccccc2)cc(OC)c1. The third-order valence-corrected chi connectivity index (χ3v) is 2.49. The molecule has 2 aromatic rings. The van der Waals surface area contributed by atoms with Crippen molar-refractivity contribution < 1.29 is 9.47 Å². The predicted molar refractivity (Wildman–Crippen MR) is 73.2 cm³/mol. The molecule has 92 valence electrons. The zero-order valence-corrected chi connectivity index (χ0v) is 10.5. The molecule has 0 saturated heterocycles. The van der Waals surface area contributed by atoms with Gasteiger partial charge in [-0.3, -0.25) is 4.99 Å². The maximum atomic E-state index is 5.21. The molecule has 0 saturated carbocycles. The van der Waals surface area contributed by atoms with Crippen LogP contribution >= 0.6 is 0 Å². The maximum Gasteiger partial charge on any atom is 0.123 e. The first-order valence-electron chi connectivity index (χ1n) is 5.64. The largest absolute Gasteiger partial charge is 0.497 e. The Labute approximate surface area is 107 Å². The van der Waals surface area contributed by atoms with Gasteiger partial charge in [0.25, 0.3) is 0 Å². The Hall–Kier alpha value is -2.29. The zero-order valence-electron chi connectivity index (χ0n) is 10.5. The highest BCUT2D eigenvalue weighted by Crippen LogP contribution is 2.22. The van der Waals surface area contributed by atoms with Crippen LogP contribution in [-0.2, 0) is 0 Å². The molecule has 0 aliphatic rings. The van der Waals surface area contributed by atoms with Crippen LogP contribution in [0, 0.1) is 0 Å². The minimum absolute atomic E-state index is 0.754. The fourth-order valence-corrected chi connectivity index (χ4v) is 1.57. The maximum absolute atomic E-state index is 5.21. The van der Waals surface area contributed by atoms with Gasteiger partial charge in [0.15, 0.2) is 0 Å². The number of benzene rings is 2. The summed E-state index contributed by atoms with van der Waals surface area (Å²) in [5.74, 6) is 1.51. The summed E-state index contributed by atoms with van der Waals surface area (Å²) in [6.45, 7) is 0. The van der Waals surface area contributed by atoms with Gasteiger partial charge in [-0.25, -0.2) is 0 Å². The number of methoxy groups -OCH3 is 2. The third kappa shape index (κ3) is 3.10. The van der Waals surface area contributed by atoms with E-state index in [0.29, 0.717) is 0 Å². The number of rotatable bonds is 4. The molecule has 0 atom stereocenters. The fourth-order valence-electron chi connectivity index (χ4n) is 1.57. The number of ether oxygens (including phenoxy) is 2. The highest BCUT2D eigenvalue weighted by molar-refractivity contribution is 5.83. The second-order valence-electron chi connectivity index (χ2n) is 3.74. The number of aliphatic imine (C=N–C) groups is 1. The van der Waals surface area contributed by atoms with Crippen molar-refractivity contribution in [1.29, 1.82) is 0 Å². The predicted octanol–water partition coefficient (Wildman–Crippen LogP) is 3.45. The second kappa shape index (κ2) is 5.87. The zero-order chi connectivity index (χ0) is 12.8. The average molecular weight is 241 g/mol. The van der Waals surface area contributed by atoms with E-state index in [1.807, 2.05) is 48.5 Å². The van der Waals surface area contributed by atoms with Crippen molar-refractivity contribution in [2.75, 3.05) is 14.2 Å². The molecule has 3 nitrogen and oxygen atoms in total. The Morgan fingerprint density at radius 3 is 2.06 bits per heavy atom. The van der Waals surface area contributed by atoms with Gasteiger partial charge < -0.3 is 9.47 Å². The van der Waals surface area contributed by atoms with Gasteiger partial charge in [-0.1, -0.05) is 18.2 Å². The van der Waals surface area contributed by atoms with E-state index in [2.05, 4.69) is 4.99 Å². The molecule has 0 aromatic heterocycles. The van der Waals surface area contributed by atoms with E-state index in [4.69, 9.17) is 9.47 Å². The van der Waals surface area contributed by atoms with E-state index >= 15 is 0 Å². The van der Waals surface area contributed by atoms with Crippen molar-refractivity contribution in [3.63, 3.8) is 0 Å². The molecule has 0 radical (unpaired) electrons. The Morgan fingerprint density at radius 1 is 0.889 bits per heavy atom. The van der Waals surface area contributed by atoms with E-state index in [0.717, 1.165) is 22.7 Å². The molecule has 0 aliphatic heterocycles. The average Bonchev–Trinajstić information content (AvgIpc) is 2.45. The Morgan fingerprint density at radius 2 is 1.50 bits per heavy atom. The molecule has 0 unspecified atom stereocenters. The van der Waals surface area contributed by atoms with Gasteiger partial charge in [-0.2, -0.15) is 0 Å². The summed E-state index contributed by atoms with van der Waals surface area (Å²) in [4.78, 5) is 4.39. The van der Waals surface area contributed by atoms with Crippen molar-refractivity contribution in [3.05, 3.63) is 54.1 Å². The number of para-hydroxylation sites is 1. The van der Waals surface area contributed by atoms with E-state index in [-0.39, 0.29) is 0 Å². The van der Waals surface area contributed by atoms with Crippen LogP contribution in [0.25, 0.3) is 0 Å². The standard InChI is InChI=1S/C15H15NO2/c1-17-14-8-12(9-15(10-14)18-2)11-16-13-6-4-3-5-7-13/h3-11H,1-2H3. The molecule has 0 N–H and O–H groups in total. The van der Waals surface area contributed by atoms with Crippen LogP contribution in [-0.4, -0.2) is 20.4 Å². The molecule has 0 aliphatic carbocycles. The van der Waals surface area contributed by atoms with Crippen LogP contribution in [0.4, 0.5) is 5.69 Å². The van der Waals surface area contributed by atoms with Crippen LogP contribution in [0.3, 0.4) is 0 Å². The molecule has 0 amide bonds. The van der Waals surface area contributed by atoms with Crippen molar-refractivity contribution >= 4 is 11.9 Å². The lowest BCUT2D eigenvalue weighted by atomic mass is 10.2. The quantitative estimate of drug-likeness (QED) is 0.767. The fraction of sp³-hybridized carbons (Fsp3) is 0.133. The molecule has 0 bridgehead atoms. The minimum atomic E-state index is 0.754. The molecule has 18 heavy (non-hydrogen) atoms. The Bertz CT molecular complexity index is 513. The summed E-state index contributed by atoms with van der Waals surface area (Å²) < 4.78 is 10.4. The number of hydrogen-bond donors (Lipinski definition) is 0. The van der Waals surface area contributed by atoms with Gasteiger partial charge in [-0.15, -0.1) is 0 Å². The van der Waals surface area contributed by atoms with E-state index < -0.39 is 0 Å². The molecular formula is C15H15NO2. The highest BCUT2D eigenvalue weighted by atomic mass is 16.5. The topological polar surface area (TPSA) is 30.8 Å². The molecule has 0 spiro atoms. The van der Waals surface area contributed by atoms with Crippen molar-refractivity contribution in [2.24, 2.45) is 4.99 Å². The summed E-state index contributed by atoms with van der Waals surface area (Å²) in [5, 5.41) is 0. The Balaban J connectivity index is 2.25. The smallest absolute Gasteiger partial charge is 0.123 e. The summed E-state index contributed by atoms with van der Waals surface area (Å²) in [6.07, 6.45) is 1.79. The van der Waals surface area contributed by atoms with Gasteiger partial charge in [0.2, 0.25) is 0 Å². The van der Waals surface area contributed by atoms with Crippen molar-refractivity contribution in [1.82, 2.24) is 0 Å². The lowest BCUT2D eigenvalue weighted by Crippen LogP contribution is -1.90. The summed E-state index contributed by atoms with van der Waals surface area (Å²) in [5.41, 5.74) is 1.86. The van der Waals surface area contributed by atoms with E-state index in [1.54, 1.807) is 20.4 Å². The van der Waals surface area contributed by atoms with Gasteiger partial charge in [0.1, 0.15) is 11.5 Å². The number of hydrogen-bond acceptors (Lipinski definition) is 3. The Kier molecular flexibility index (Phi) is 3.97. The third-order valence-electron chi connectivity index (χ3n) is 2.49. The van der Waals surface area contributed by atoms with Crippen LogP contribution in [0.2, 0.25) is 0 Å². The molecule has 2 aromatic carbocycles. The second-order valence-corrected chi connectivity index (χ2v) is 3.74. The van der Waals surface area contributed by atoms with E-state index in [1.165, 1.54) is 0 Å². The van der Waals surface area contributed by atoms with Gasteiger partial charge in [0, 0.05) is 17.8 Å². The van der Waals surface area contributed by atoms with Gasteiger partial charge in [-0.05, 0) is 24.3 Å². The lowest BCUT2D eigenvalue weighted by Gasteiger charge is -2.05. The molecule has 0 fully saturated rings.